The average Bonchev–Trinajstić information content (AvgIpc) is 2.87. The lowest BCUT2D eigenvalue weighted by Gasteiger charge is -2.18. The Morgan fingerprint density at radius 2 is 1.84 bits per heavy atom. The van der Waals surface area contributed by atoms with Gasteiger partial charge >= 0.3 is 0 Å². The molecule has 0 spiro atoms. The van der Waals surface area contributed by atoms with Gasteiger partial charge in [0.2, 0.25) is 0 Å². The number of likely N-dealkylation sites (tertiary alicyclic amines) is 1. The SMILES string of the molecule is Cl.O=C(c1ccc(Cl)cc1Cl)N1C[C@H]2CNC[C@H]2C1. The molecule has 19 heavy (non-hydrogen) atoms. The topological polar surface area (TPSA) is 32.3 Å². The van der Waals surface area contributed by atoms with Gasteiger partial charge in [-0.05, 0) is 30.0 Å². The molecule has 2 saturated heterocycles. The van der Waals surface area contributed by atoms with E-state index in [0.29, 0.717) is 27.4 Å². The van der Waals surface area contributed by atoms with Gasteiger partial charge in [0, 0.05) is 31.2 Å². The molecule has 0 radical (unpaired) electrons. The van der Waals surface area contributed by atoms with Crippen LogP contribution in [-0.4, -0.2) is 37.0 Å². The third-order valence-corrected chi connectivity index (χ3v) is 4.39. The zero-order valence-corrected chi connectivity index (χ0v) is 12.6. The Balaban J connectivity index is 0.00000133. The first kappa shape index (κ1) is 14.9. The minimum Gasteiger partial charge on any atom is -0.338 e. The van der Waals surface area contributed by atoms with Crippen molar-refractivity contribution in [3.63, 3.8) is 0 Å². The Morgan fingerprint density at radius 1 is 1.21 bits per heavy atom. The van der Waals surface area contributed by atoms with Gasteiger partial charge in [0.25, 0.3) is 5.91 Å². The van der Waals surface area contributed by atoms with Crippen molar-refractivity contribution in [1.29, 1.82) is 0 Å². The van der Waals surface area contributed by atoms with Crippen LogP contribution in [0, 0.1) is 11.8 Å². The molecule has 2 heterocycles. The van der Waals surface area contributed by atoms with Gasteiger partial charge in [0.05, 0.1) is 10.6 Å². The van der Waals surface area contributed by atoms with Crippen LogP contribution in [0.1, 0.15) is 10.4 Å². The molecule has 2 fully saturated rings. The Kier molecular flexibility index (Phi) is 4.62. The van der Waals surface area contributed by atoms with Crippen molar-refractivity contribution in [2.45, 2.75) is 0 Å². The zero-order chi connectivity index (χ0) is 12.7. The summed E-state index contributed by atoms with van der Waals surface area (Å²) >= 11 is 11.9. The van der Waals surface area contributed by atoms with E-state index >= 15 is 0 Å². The highest BCUT2D eigenvalue weighted by Crippen LogP contribution is 2.29. The third kappa shape index (κ3) is 2.84. The number of rotatable bonds is 1. The summed E-state index contributed by atoms with van der Waals surface area (Å²) in [7, 11) is 0. The van der Waals surface area contributed by atoms with Gasteiger partial charge in [-0.2, -0.15) is 0 Å². The largest absolute Gasteiger partial charge is 0.338 e. The standard InChI is InChI=1S/C13H14Cl2N2O.ClH/c14-10-1-2-11(12(15)3-10)13(18)17-6-8-4-16-5-9(8)7-17;/h1-3,8-9,16H,4-7H2;1H/t8-,9+;. The number of halogens is 3. The van der Waals surface area contributed by atoms with Crippen molar-refractivity contribution in [2.24, 2.45) is 11.8 Å². The third-order valence-electron chi connectivity index (χ3n) is 3.84. The molecule has 0 aliphatic carbocycles. The molecule has 0 unspecified atom stereocenters. The first-order chi connectivity index (χ1) is 8.65. The molecule has 1 aromatic carbocycles. The lowest BCUT2D eigenvalue weighted by Crippen LogP contribution is -2.32. The Bertz CT molecular complexity index is 483. The molecular weight excluding hydrogens is 307 g/mol. The first-order valence-corrected chi connectivity index (χ1v) is 6.86. The fourth-order valence-electron chi connectivity index (χ4n) is 2.85. The van der Waals surface area contributed by atoms with E-state index in [1.165, 1.54) is 0 Å². The molecule has 0 bridgehead atoms. The van der Waals surface area contributed by atoms with Gasteiger partial charge in [-0.1, -0.05) is 23.2 Å². The molecule has 6 heteroatoms. The summed E-state index contributed by atoms with van der Waals surface area (Å²) in [6, 6.07) is 5.03. The second-order valence-corrected chi connectivity index (χ2v) is 5.86. The van der Waals surface area contributed by atoms with Gasteiger partial charge in [0.15, 0.2) is 0 Å². The number of nitrogens with one attached hydrogen (secondary N) is 1. The second-order valence-electron chi connectivity index (χ2n) is 5.01. The summed E-state index contributed by atoms with van der Waals surface area (Å²) in [5.41, 5.74) is 0.550. The van der Waals surface area contributed by atoms with Crippen LogP contribution in [0.2, 0.25) is 10.0 Å². The predicted octanol–water partition coefficient (Wildman–Crippen LogP) is 2.71. The van der Waals surface area contributed by atoms with Crippen molar-refractivity contribution in [3.05, 3.63) is 33.8 Å². The number of nitrogens with zero attached hydrogens (tertiary/aromatic N) is 1. The van der Waals surface area contributed by atoms with Gasteiger partial charge in [0.1, 0.15) is 0 Å². The summed E-state index contributed by atoms with van der Waals surface area (Å²) in [5.74, 6) is 1.21. The summed E-state index contributed by atoms with van der Waals surface area (Å²) in [6.45, 7) is 3.69. The Morgan fingerprint density at radius 3 is 2.42 bits per heavy atom. The summed E-state index contributed by atoms with van der Waals surface area (Å²) in [5, 5.41) is 4.35. The number of carbonyl (C=O) groups excluding carboxylic acids is 1. The zero-order valence-electron chi connectivity index (χ0n) is 10.2. The van der Waals surface area contributed by atoms with Crippen LogP contribution >= 0.6 is 35.6 Å². The Hall–Kier alpha value is -0.480. The monoisotopic (exact) mass is 320 g/mol. The van der Waals surface area contributed by atoms with Crippen LogP contribution in [0.4, 0.5) is 0 Å². The first-order valence-electron chi connectivity index (χ1n) is 6.10. The summed E-state index contributed by atoms with van der Waals surface area (Å²) < 4.78 is 0. The van der Waals surface area contributed by atoms with E-state index < -0.39 is 0 Å². The highest BCUT2D eigenvalue weighted by atomic mass is 35.5. The smallest absolute Gasteiger partial charge is 0.255 e. The van der Waals surface area contributed by atoms with Crippen LogP contribution in [0.5, 0.6) is 0 Å². The molecule has 2 aliphatic heterocycles. The van der Waals surface area contributed by atoms with Crippen LogP contribution in [0.25, 0.3) is 0 Å². The molecule has 104 valence electrons. The molecule has 0 aromatic heterocycles. The molecule has 3 rings (SSSR count). The van der Waals surface area contributed by atoms with Crippen molar-refractivity contribution in [1.82, 2.24) is 10.2 Å². The fraction of sp³-hybridized carbons (Fsp3) is 0.462. The second kappa shape index (κ2) is 5.88. The molecule has 0 saturated carbocycles. The fourth-order valence-corrected chi connectivity index (χ4v) is 3.34. The summed E-state index contributed by atoms with van der Waals surface area (Å²) in [6.07, 6.45) is 0. The van der Waals surface area contributed by atoms with E-state index in [4.69, 9.17) is 23.2 Å². The van der Waals surface area contributed by atoms with E-state index in [1.807, 2.05) is 4.90 Å². The number of carbonyl (C=O) groups is 1. The van der Waals surface area contributed by atoms with E-state index in [2.05, 4.69) is 5.32 Å². The number of amides is 1. The van der Waals surface area contributed by atoms with Crippen LogP contribution in [0.3, 0.4) is 0 Å². The van der Waals surface area contributed by atoms with Crippen molar-refractivity contribution in [3.8, 4) is 0 Å². The lowest BCUT2D eigenvalue weighted by molar-refractivity contribution is 0.0782. The normalized spacial score (nSPS) is 25.1. The molecule has 1 aromatic rings. The van der Waals surface area contributed by atoms with Gasteiger partial charge in [-0.15, -0.1) is 12.4 Å². The van der Waals surface area contributed by atoms with Crippen LogP contribution in [-0.2, 0) is 0 Å². The van der Waals surface area contributed by atoms with Crippen LogP contribution < -0.4 is 5.32 Å². The number of fused-ring (bicyclic) bond motifs is 1. The lowest BCUT2D eigenvalue weighted by atomic mass is 10.0. The van der Waals surface area contributed by atoms with E-state index in [0.717, 1.165) is 26.2 Å². The Labute approximate surface area is 128 Å². The molecular formula is C13H15Cl3N2O. The molecule has 3 nitrogen and oxygen atoms in total. The van der Waals surface area contributed by atoms with Gasteiger partial charge in [-0.3, -0.25) is 4.79 Å². The molecule has 1 amide bonds. The minimum atomic E-state index is 0. The maximum atomic E-state index is 12.4. The molecule has 2 aliphatic rings. The van der Waals surface area contributed by atoms with Crippen molar-refractivity contribution in [2.75, 3.05) is 26.2 Å². The molecule has 1 N–H and O–H groups in total. The minimum absolute atomic E-state index is 0. The highest BCUT2D eigenvalue weighted by molar-refractivity contribution is 6.36. The van der Waals surface area contributed by atoms with E-state index in [9.17, 15) is 4.79 Å². The van der Waals surface area contributed by atoms with Gasteiger partial charge in [-0.25, -0.2) is 0 Å². The van der Waals surface area contributed by atoms with Crippen LogP contribution in [0.15, 0.2) is 18.2 Å². The quantitative estimate of drug-likeness (QED) is 0.862. The summed E-state index contributed by atoms with van der Waals surface area (Å²) in [4.78, 5) is 14.3. The number of benzene rings is 1. The maximum absolute atomic E-state index is 12.4. The average molecular weight is 322 g/mol. The number of hydrogen-bond donors (Lipinski definition) is 1. The molecule has 2 atom stereocenters. The predicted molar refractivity (Wildman–Crippen MR) is 79.5 cm³/mol. The van der Waals surface area contributed by atoms with Crippen molar-refractivity contribution < 1.29 is 4.79 Å². The van der Waals surface area contributed by atoms with E-state index in [1.54, 1.807) is 18.2 Å². The van der Waals surface area contributed by atoms with Gasteiger partial charge < -0.3 is 10.2 Å². The van der Waals surface area contributed by atoms with E-state index in [-0.39, 0.29) is 18.3 Å². The van der Waals surface area contributed by atoms with Crippen molar-refractivity contribution >= 4 is 41.5 Å². The highest BCUT2D eigenvalue weighted by Gasteiger charge is 2.38. The maximum Gasteiger partial charge on any atom is 0.255 e. The number of hydrogen-bond acceptors (Lipinski definition) is 2.